The van der Waals surface area contributed by atoms with Crippen LogP contribution in [0.15, 0.2) is 75.0 Å². The molecule has 1 unspecified atom stereocenters. The van der Waals surface area contributed by atoms with E-state index in [9.17, 15) is 14.4 Å². The van der Waals surface area contributed by atoms with E-state index in [0.29, 0.717) is 22.9 Å². The number of nitrogens with zero attached hydrogens (tertiary/aromatic N) is 2. The number of carbonyl (C=O) groups excluding carboxylic acids is 3. The highest BCUT2D eigenvalue weighted by Gasteiger charge is 2.35. The van der Waals surface area contributed by atoms with E-state index in [0.717, 1.165) is 5.56 Å². The Morgan fingerprint density at radius 2 is 1.85 bits per heavy atom. The lowest BCUT2D eigenvalue weighted by atomic mass is 10.0. The molecular weight excluding hydrogens is 450 g/mol. The third-order valence-electron chi connectivity index (χ3n) is 4.93. The van der Waals surface area contributed by atoms with Crippen LogP contribution in [0.2, 0.25) is 5.02 Å². The summed E-state index contributed by atoms with van der Waals surface area (Å²) in [5.74, 6) is -0.840. The van der Waals surface area contributed by atoms with Gasteiger partial charge in [-0.1, -0.05) is 23.7 Å². The lowest BCUT2D eigenvalue weighted by Gasteiger charge is -2.19. The molecule has 0 bridgehead atoms. The van der Waals surface area contributed by atoms with Crippen molar-refractivity contribution in [1.82, 2.24) is 10.3 Å². The van der Waals surface area contributed by atoms with Crippen molar-refractivity contribution in [3.8, 4) is 0 Å². The maximum absolute atomic E-state index is 12.8. The van der Waals surface area contributed by atoms with Crippen molar-refractivity contribution in [2.45, 2.75) is 18.9 Å². The SMILES string of the molecule is O=C(CCNC(=O)c1ccco1)OCC(=O)N1N=C(c2ccc(Cl)cc2)CC1c1ccco1. The lowest BCUT2D eigenvalue weighted by Crippen LogP contribution is -2.32. The van der Waals surface area contributed by atoms with Crippen LogP contribution in [0.4, 0.5) is 0 Å². The van der Waals surface area contributed by atoms with Gasteiger partial charge in [-0.3, -0.25) is 14.4 Å². The van der Waals surface area contributed by atoms with Crippen LogP contribution >= 0.6 is 11.6 Å². The van der Waals surface area contributed by atoms with Crippen LogP contribution in [-0.4, -0.2) is 41.7 Å². The molecule has 1 N–H and O–H groups in total. The predicted molar refractivity (Wildman–Crippen MR) is 118 cm³/mol. The summed E-state index contributed by atoms with van der Waals surface area (Å²) >= 11 is 5.96. The van der Waals surface area contributed by atoms with E-state index >= 15 is 0 Å². The summed E-state index contributed by atoms with van der Waals surface area (Å²) in [6, 6.07) is 13.3. The highest BCUT2D eigenvalue weighted by atomic mass is 35.5. The number of amides is 2. The summed E-state index contributed by atoms with van der Waals surface area (Å²) in [6.45, 7) is -0.441. The van der Waals surface area contributed by atoms with Crippen LogP contribution in [0.1, 0.15) is 40.8 Å². The quantitative estimate of drug-likeness (QED) is 0.504. The van der Waals surface area contributed by atoms with E-state index in [2.05, 4.69) is 10.4 Å². The van der Waals surface area contributed by atoms with E-state index in [1.165, 1.54) is 23.6 Å². The smallest absolute Gasteiger partial charge is 0.308 e. The van der Waals surface area contributed by atoms with Gasteiger partial charge >= 0.3 is 5.97 Å². The monoisotopic (exact) mass is 469 g/mol. The second kappa shape index (κ2) is 10.2. The van der Waals surface area contributed by atoms with Crippen molar-refractivity contribution in [2.75, 3.05) is 13.2 Å². The van der Waals surface area contributed by atoms with Crippen molar-refractivity contribution in [3.63, 3.8) is 0 Å². The molecule has 0 spiro atoms. The average molecular weight is 470 g/mol. The maximum Gasteiger partial charge on any atom is 0.308 e. The number of furan rings is 2. The number of benzene rings is 1. The van der Waals surface area contributed by atoms with Crippen LogP contribution in [0.25, 0.3) is 0 Å². The summed E-state index contributed by atoms with van der Waals surface area (Å²) in [6.07, 6.45) is 3.24. The molecule has 0 fully saturated rings. The Morgan fingerprint density at radius 3 is 2.55 bits per heavy atom. The first-order valence-electron chi connectivity index (χ1n) is 10.2. The highest BCUT2D eigenvalue weighted by Crippen LogP contribution is 2.33. The molecule has 0 saturated carbocycles. The topological polar surface area (TPSA) is 114 Å². The zero-order chi connectivity index (χ0) is 23.2. The molecule has 170 valence electrons. The van der Waals surface area contributed by atoms with E-state index < -0.39 is 30.4 Å². The van der Waals surface area contributed by atoms with Gasteiger partial charge in [0.1, 0.15) is 11.8 Å². The molecule has 1 aliphatic rings. The summed E-state index contributed by atoms with van der Waals surface area (Å²) in [7, 11) is 0. The molecule has 9 nitrogen and oxygen atoms in total. The zero-order valence-corrected chi connectivity index (χ0v) is 18.2. The fourth-order valence-electron chi connectivity index (χ4n) is 3.31. The molecule has 4 rings (SSSR count). The van der Waals surface area contributed by atoms with Crippen LogP contribution in [0, 0.1) is 0 Å². The number of carbonyl (C=O) groups is 3. The maximum atomic E-state index is 12.8. The van der Waals surface area contributed by atoms with Crippen molar-refractivity contribution in [3.05, 3.63) is 83.2 Å². The number of hydrogen-bond donors (Lipinski definition) is 1. The molecule has 2 aromatic heterocycles. The molecule has 33 heavy (non-hydrogen) atoms. The van der Waals surface area contributed by atoms with Crippen LogP contribution in [0.5, 0.6) is 0 Å². The van der Waals surface area contributed by atoms with E-state index in [4.69, 9.17) is 25.2 Å². The summed E-state index contributed by atoms with van der Waals surface area (Å²) in [5.41, 5.74) is 1.52. The van der Waals surface area contributed by atoms with Gasteiger partial charge in [0.25, 0.3) is 11.8 Å². The Kier molecular flexibility index (Phi) is 6.89. The first-order valence-corrected chi connectivity index (χ1v) is 10.6. The molecule has 0 radical (unpaired) electrons. The second-order valence-corrected chi connectivity index (χ2v) is 7.61. The second-order valence-electron chi connectivity index (χ2n) is 7.17. The van der Waals surface area contributed by atoms with Gasteiger partial charge < -0.3 is 18.9 Å². The van der Waals surface area contributed by atoms with Gasteiger partial charge in [0.2, 0.25) is 0 Å². The van der Waals surface area contributed by atoms with Crippen molar-refractivity contribution < 1.29 is 28.0 Å². The summed E-state index contributed by atoms with van der Waals surface area (Å²) in [4.78, 5) is 36.6. The zero-order valence-electron chi connectivity index (χ0n) is 17.4. The number of rotatable bonds is 8. The molecule has 1 aliphatic heterocycles. The van der Waals surface area contributed by atoms with Crippen molar-refractivity contribution in [2.24, 2.45) is 5.10 Å². The fourth-order valence-corrected chi connectivity index (χ4v) is 3.44. The third-order valence-corrected chi connectivity index (χ3v) is 5.18. The Labute approximate surface area is 193 Å². The normalized spacial score (nSPS) is 15.2. The third kappa shape index (κ3) is 5.50. The summed E-state index contributed by atoms with van der Waals surface area (Å²) < 4.78 is 15.5. The molecule has 0 saturated heterocycles. The predicted octanol–water partition coefficient (Wildman–Crippen LogP) is 3.57. The largest absolute Gasteiger partial charge is 0.467 e. The molecule has 2 amide bonds. The van der Waals surface area contributed by atoms with Gasteiger partial charge in [-0.25, -0.2) is 5.01 Å². The van der Waals surface area contributed by atoms with E-state index in [1.807, 2.05) is 12.1 Å². The van der Waals surface area contributed by atoms with Gasteiger partial charge in [0, 0.05) is 18.0 Å². The van der Waals surface area contributed by atoms with Gasteiger partial charge in [0.15, 0.2) is 12.4 Å². The highest BCUT2D eigenvalue weighted by molar-refractivity contribution is 6.30. The number of esters is 1. The average Bonchev–Trinajstić information content (AvgIpc) is 3.59. The first kappa shape index (κ1) is 22.3. The molecular formula is C23H20ClN3O6. The number of ether oxygens (including phenoxy) is 1. The van der Waals surface area contributed by atoms with Crippen molar-refractivity contribution >= 4 is 35.1 Å². The number of hydrogen-bond acceptors (Lipinski definition) is 7. The number of hydrazone groups is 1. The van der Waals surface area contributed by atoms with Crippen molar-refractivity contribution in [1.29, 1.82) is 0 Å². The molecule has 3 aromatic rings. The van der Waals surface area contributed by atoms with Gasteiger partial charge in [-0.2, -0.15) is 5.10 Å². The van der Waals surface area contributed by atoms with Crippen LogP contribution in [-0.2, 0) is 14.3 Å². The Bertz CT molecular complexity index is 1140. The van der Waals surface area contributed by atoms with Crippen LogP contribution < -0.4 is 5.32 Å². The Balaban J connectivity index is 1.34. The van der Waals surface area contributed by atoms with Crippen LogP contribution in [0.3, 0.4) is 0 Å². The number of halogens is 1. The number of nitrogens with one attached hydrogen (secondary N) is 1. The Hall–Kier alpha value is -3.85. The van der Waals surface area contributed by atoms with Gasteiger partial charge in [0.05, 0.1) is 24.7 Å². The van der Waals surface area contributed by atoms with E-state index in [-0.39, 0.29) is 18.7 Å². The molecule has 1 atom stereocenters. The van der Waals surface area contributed by atoms with Gasteiger partial charge in [-0.05, 0) is 42.0 Å². The van der Waals surface area contributed by atoms with E-state index in [1.54, 1.807) is 30.3 Å². The molecule has 10 heteroatoms. The van der Waals surface area contributed by atoms with Gasteiger partial charge in [-0.15, -0.1) is 0 Å². The first-order chi connectivity index (χ1) is 16.0. The fraction of sp³-hybridized carbons (Fsp3) is 0.217. The minimum absolute atomic E-state index is 0.0458. The summed E-state index contributed by atoms with van der Waals surface area (Å²) in [5, 5.41) is 8.87. The minimum Gasteiger partial charge on any atom is -0.467 e. The molecule has 1 aromatic carbocycles. The Morgan fingerprint density at radius 1 is 1.09 bits per heavy atom. The minimum atomic E-state index is -0.626. The lowest BCUT2D eigenvalue weighted by molar-refractivity contribution is -0.152. The molecule has 0 aliphatic carbocycles. The standard InChI is InChI=1S/C23H20ClN3O6/c24-16-7-5-15(6-8-16)17-13-18(19-3-1-11-31-19)27(26-17)21(28)14-33-22(29)9-10-25-23(30)20-4-2-12-32-20/h1-8,11-12,18H,9-10,13-14H2,(H,25,30). The molecule has 3 heterocycles.